The number of nitrogens with zero attached hydrogens (tertiary/aromatic N) is 2. The van der Waals surface area contributed by atoms with Gasteiger partial charge in [0.1, 0.15) is 17.3 Å². The number of nitrogens with two attached hydrogens (primary N) is 1. The van der Waals surface area contributed by atoms with Gasteiger partial charge in [-0.1, -0.05) is 11.6 Å². The lowest BCUT2D eigenvalue weighted by Gasteiger charge is -2.16. The number of nitrogens with one attached hydrogen (secondary N) is 2. The Bertz CT molecular complexity index is 1530. The van der Waals surface area contributed by atoms with Gasteiger partial charge < -0.3 is 16.0 Å². The molecule has 0 aliphatic rings. The summed E-state index contributed by atoms with van der Waals surface area (Å²) < 4.78 is 68.0. The number of halogens is 6. The second-order valence-electron chi connectivity index (χ2n) is 7.42. The van der Waals surface area contributed by atoms with E-state index in [0.29, 0.717) is 6.07 Å². The predicted octanol–water partition coefficient (Wildman–Crippen LogP) is 5.28. The van der Waals surface area contributed by atoms with Gasteiger partial charge in [-0.25, -0.2) is 18.6 Å². The van der Waals surface area contributed by atoms with Crippen LogP contribution in [0.4, 0.5) is 33.3 Å². The third kappa shape index (κ3) is 5.03. The normalized spacial score (nSPS) is 11.4. The van der Waals surface area contributed by atoms with E-state index >= 15 is 4.39 Å². The molecule has 0 aliphatic carbocycles. The van der Waals surface area contributed by atoms with Crippen LogP contribution in [0.25, 0.3) is 22.3 Å². The quantitative estimate of drug-likeness (QED) is 0.250. The Morgan fingerprint density at radius 1 is 1.06 bits per heavy atom. The molecule has 0 unspecified atom stereocenters. The number of carbonyl (C=O) groups is 1. The van der Waals surface area contributed by atoms with Crippen LogP contribution in [0.3, 0.4) is 0 Å². The minimum absolute atomic E-state index is 0.0144. The molecule has 184 valence electrons. The highest BCUT2D eigenvalue weighted by Gasteiger charge is 2.32. The number of nitrogen functional groups attached to an aromatic ring is 1. The van der Waals surface area contributed by atoms with Gasteiger partial charge in [-0.2, -0.15) is 13.2 Å². The van der Waals surface area contributed by atoms with Crippen LogP contribution in [0.15, 0.2) is 59.8 Å². The number of rotatable bonds is 4. The Hall–Kier alpha value is -4.32. The van der Waals surface area contributed by atoms with E-state index in [4.69, 9.17) is 17.3 Å². The molecule has 4 rings (SSSR count). The van der Waals surface area contributed by atoms with Gasteiger partial charge in [-0.15, -0.1) is 0 Å². The zero-order chi connectivity index (χ0) is 26.2. The van der Waals surface area contributed by atoms with Crippen LogP contribution in [0.5, 0.6) is 0 Å². The fraction of sp³-hybridized carbons (Fsp3) is 0.0435. The van der Waals surface area contributed by atoms with Gasteiger partial charge in [-0.3, -0.25) is 9.78 Å². The summed E-state index contributed by atoms with van der Waals surface area (Å²) in [7, 11) is 0. The Kier molecular flexibility index (Phi) is 6.46. The number of amides is 1. The summed E-state index contributed by atoms with van der Waals surface area (Å²) in [6.07, 6.45) is -1.51. The Morgan fingerprint density at radius 2 is 1.81 bits per heavy atom. The number of pyridine rings is 1. The Labute approximate surface area is 203 Å². The van der Waals surface area contributed by atoms with Crippen molar-refractivity contribution in [1.82, 2.24) is 15.0 Å². The SMILES string of the molecule is Nc1cc(F)cc(-c2cnc(=O)[nH]c2)c1-c1cc(Cl)c(C(=O)Nc2ccnc(C(F)(F)F)c2)cc1F. The number of aromatic amines is 1. The standard InChI is InChI=1S/C23H13ClF5N5O2/c24-16-6-15(20-13(3-11(25)4-18(20)30)10-8-32-22(36)33-9-10)17(26)7-14(16)21(35)34-12-1-2-31-19(5-12)23(27,28)29/h1-9H,30H2,(H,31,34,35)(H,32,33,36). The molecule has 1 amide bonds. The number of anilines is 2. The van der Waals surface area contributed by atoms with Crippen LogP contribution >= 0.6 is 11.6 Å². The summed E-state index contributed by atoms with van der Waals surface area (Å²) in [5, 5.41) is 1.95. The monoisotopic (exact) mass is 521 g/mol. The maximum Gasteiger partial charge on any atom is 0.433 e. The number of benzene rings is 2. The molecule has 7 nitrogen and oxygen atoms in total. The molecule has 36 heavy (non-hydrogen) atoms. The van der Waals surface area contributed by atoms with Gasteiger partial charge in [0.2, 0.25) is 0 Å². The molecule has 13 heteroatoms. The first kappa shape index (κ1) is 24.8. The fourth-order valence-electron chi connectivity index (χ4n) is 3.42. The van der Waals surface area contributed by atoms with Crippen molar-refractivity contribution in [2.45, 2.75) is 6.18 Å². The van der Waals surface area contributed by atoms with Crippen LogP contribution < -0.4 is 16.7 Å². The predicted molar refractivity (Wildman–Crippen MR) is 122 cm³/mol. The first-order chi connectivity index (χ1) is 16.9. The molecule has 4 aromatic rings. The van der Waals surface area contributed by atoms with Crippen molar-refractivity contribution in [3.8, 4) is 22.3 Å². The average Bonchev–Trinajstić information content (AvgIpc) is 2.80. The summed E-state index contributed by atoms with van der Waals surface area (Å²) in [5.74, 6) is -2.70. The van der Waals surface area contributed by atoms with Crippen LogP contribution in [0.2, 0.25) is 5.02 Å². The summed E-state index contributed by atoms with van der Waals surface area (Å²) in [5.41, 5.74) is 3.41. The zero-order valence-corrected chi connectivity index (χ0v) is 18.5. The van der Waals surface area contributed by atoms with Crippen molar-refractivity contribution < 1.29 is 26.7 Å². The van der Waals surface area contributed by atoms with Crippen molar-refractivity contribution in [2.75, 3.05) is 11.1 Å². The van der Waals surface area contributed by atoms with E-state index in [2.05, 4.69) is 20.3 Å². The summed E-state index contributed by atoms with van der Waals surface area (Å²) in [4.78, 5) is 33.0. The van der Waals surface area contributed by atoms with Gasteiger partial charge in [-0.05, 0) is 42.0 Å². The number of hydrogen-bond donors (Lipinski definition) is 3. The largest absolute Gasteiger partial charge is 0.433 e. The van der Waals surface area contributed by atoms with Crippen molar-refractivity contribution in [3.63, 3.8) is 0 Å². The number of H-pyrrole nitrogens is 1. The third-order valence-corrected chi connectivity index (χ3v) is 5.31. The molecule has 0 bridgehead atoms. The summed E-state index contributed by atoms with van der Waals surface area (Å²) in [6, 6.07) is 5.59. The Morgan fingerprint density at radius 3 is 2.47 bits per heavy atom. The van der Waals surface area contributed by atoms with Gasteiger partial charge in [0, 0.05) is 46.7 Å². The highest BCUT2D eigenvalue weighted by Crippen LogP contribution is 2.40. The highest BCUT2D eigenvalue weighted by atomic mass is 35.5. The second-order valence-corrected chi connectivity index (χ2v) is 7.83. The molecule has 0 saturated carbocycles. The van der Waals surface area contributed by atoms with Crippen LogP contribution in [-0.2, 0) is 6.18 Å². The minimum atomic E-state index is -4.74. The number of carbonyl (C=O) groups excluding carboxylic acids is 1. The lowest BCUT2D eigenvalue weighted by atomic mass is 9.93. The summed E-state index contributed by atoms with van der Waals surface area (Å²) >= 11 is 6.22. The van der Waals surface area contributed by atoms with Crippen LogP contribution in [0, 0.1) is 11.6 Å². The molecule has 0 atom stereocenters. The van der Waals surface area contributed by atoms with Gasteiger partial charge >= 0.3 is 11.9 Å². The van der Waals surface area contributed by atoms with E-state index in [-0.39, 0.29) is 44.2 Å². The topological polar surface area (TPSA) is 114 Å². The lowest BCUT2D eigenvalue weighted by Crippen LogP contribution is -2.15. The van der Waals surface area contributed by atoms with Gasteiger partial charge in [0.05, 0.1) is 10.6 Å². The van der Waals surface area contributed by atoms with Gasteiger partial charge in [0.15, 0.2) is 0 Å². The lowest BCUT2D eigenvalue weighted by molar-refractivity contribution is -0.141. The van der Waals surface area contributed by atoms with Crippen molar-refractivity contribution >= 4 is 28.9 Å². The maximum absolute atomic E-state index is 15.3. The van der Waals surface area contributed by atoms with E-state index in [1.165, 1.54) is 6.20 Å². The maximum atomic E-state index is 15.3. The molecule has 0 spiro atoms. The first-order valence-electron chi connectivity index (χ1n) is 9.92. The van der Waals surface area contributed by atoms with Crippen LogP contribution in [-0.4, -0.2) is 20.9 Å². The molecule has 2 heterocycles. The number of alkyl halides is 3. The highest BCUT2D eigenvalue weighted by molar-refractivity contribution is 6.34. The smallest absolute Gasteiger partial charge is 0.398 e. The third-order valence-electron chi connectivity index (χ3n) is 5.00. The molecule has 0 radical (unpaired) electrons. The average molecular weight is 522 g/mol. The zero-order valence-electron chi connectivity index (χ0n) is 17.8. The number of hydrogen-bond acceptors (Lipinski definition) is 5. The van der Waals surface area contributed by atoms with Crippen molar-refractivity contribution in [1.29, 1.82) is 0 Å². The second kappa shape index (κ2) is 9.38. The summed E-state index contributed by atoms with van der Waals surface area (Å²) in [6.45, 7) is 0. The molecular formula is C23H13ClF5N5O2. The molecule has 4 N–H and O–H groups in total. The van der Waals surface area contributed by atoms with E-state index in [9.17, 15) is 27.2 Å². The van der Waals surface area contributed by atoms with Crippen LogP contribution in [0.1, 0.15) is 16.1 Å². The van der Waals surface area contributed by atoms with E-state index < -0.39 is 35.1 Å². The van der Waals surface area contributed by atoms with E-state index in [1.54, 1.807) is 0 Å². The van der Waals surface area contributed by atoms with Crippen molar-refractivity contribution in [3.05, 3.63) is 93.4 Å². The van der Waals surface area contributed by atoms with Crippen molar-refractivity contribution in [2.24, 2.45) is 0 Å². The molecule has 0 saturated heterocycles. The molecule has 0 fully saturated rings. The number of aromatic nitrogens is 3. The van der Waals surface area contributed by atoms with E-state index in [1.807, 2.05) is 0 Å². The molecule has 0 aliphatic heterocycles. The Balaban J connectivity index is 1.75. The fourth-order valence-corrected chi connectivity index (χ4v) is 3.67. The molecular weight excluding hydrogens is 509 g/mol. The first-order valence-corrected chi connectivity index (χ1v) is 10.3. The molecule has 2 aromatic heterocycles. The van der Waals surface area contributed by atoms with Gasteiger partial charge in [0.25, 0.3) is 5.91 Å². The minimum Gasteiger partial charge on any atom is -0.398 e. The van der Waals surface area contributed by atoms with E-state index in [0.717, 1.165) is 42.7 Å². The molecule has 2 aromatic carbocycles.